The molecule has 0 saturated heterocycles. The van der Waals surface area contributed by atoms with Crippen LogP contribution in [0.5, 0.6) is 0 Å². The van der Waals surface area contributed by atoms with E-state index in [2.05, 4.69) is 16.2 Å². The van der Waals surface area contributed by atoms with E-state index in [0.29, 0.717) is 6.54 Å². The minimum Gasteiger partial charge on any atom is -0.467 e. The van der Waals surface area contributed by atoms with Gasteiger partial charge < -0.3 is 14.5 Å². The summed E-state index contributed by atoms with van der Waals surface area (Å²) in [5, 5.41) is 3.13. The Labute approximate surface area is 111 Å². The topological polar surface area (TPSA) is 75.5 Å². The van der Waals surface area contributed by atoms with Crippen molar-refractivity contribution in [2.75, 3.05) is 0 Å². The van der Waals surface area contributed by atoms with Gasteiger partial charge in [-0.05, 0) is 45.1 Å². The molecule has 3 N–H and O–H groups in total. The lowest BCUT2D eigenvalue weighted by Gasteiger charge is -2.20. The van der Waals surface area contributed by atoms with Crippen molar-refractivity contribution in [2.45, 2.75) is 32.9 Å². The number of thiocarbonyl (C=S) groups is 1. The van der Waals surface area contributed by atoms with Crippen molar-refractivity contribution in [3.8, 4) is 0 Å². The molecule has 1 aromatic heterocycles. The van der Waals surface area contributed by atoms with E-state index in [9.17, 15) is 4.79 Å². The Morgan fingerprint density at radius 1 is 1.44 bits per heavy atom. The van der Waals surface area contributed by atoms with E-state index in [1.54, 1.807) is 33.1 Å². The molecule has 0 spiro atoms. The van der Waals surface area contributed by atoms with Gasteiger partial charge in [-0.3, -0.25) is 5.43 Å². The predicted octanol–water partition coefficient (Wildman–Crippen LogP) is 1.68. The van der Waals surface area contributed by atoms with E-state index in [0.717, 1.165) is 5.76 Å². The Hall–Kier alpha value is -1.76. The first-order chi connectivity index (χ1) is 8.37. The van der Waals surface area contributed by atoms with Crippen LogP contribution in [-0.4, -0.2) is 16.8 Å². The molecule has 1 amide bonds. The number of hydrogen-bond donors (Lipinski definition) is 3. The molecule has 1 aromatic rings. The molecule has 0 saturated carbocycles. The molecule has 0 unspecified atom stereocenters. The quantitative estimate of drug-likeness (QED) is 0.561. The second-order valence-corrected chi connectivity index (χ2v) is 4.92. The average molecular weight is 271 g/mol. The molecular formula is C11H17N3O3S. The zero-order valence-corrected chi connectivity index (χ0v) is 11.4. The van der Waals surface area contributed by atoms with Crippen LogP contribution in [0.2, 0.25) is 0 Å². The van der Waals surface area contributed by atoms with Crippen molar-refractivity contribution >= 4 is 23.4 Å². The van der Waals surface area contributed by atoms with Crippen LogP contribution in [-0.2, 0) is 11.3 Å². The number of furan rings is 1. The van der Waals surface area contributed by atoms with Gasteiger partial charge in [0.2, 0.25) is 0 Å². The highest BCUT2D eigenvalue weighted by atomic mass is 32.1. The summed E-state index contributed by atoms with van der Waals surface area (Å²) in [6, 6.07) is 3.60. The summed E-state index contributed by atoms with van der Waals surface area (Å²) < 4.78 is 10.1. The summed E-state index contributed by atoms with van der Waals surface area (Å²) in [5.41, 5.74) is 4.30. The molecule has 0 bridgehead atoms. The molecule has 6 nitrogen and oxygen atoms in total. The Morgan fingerprint density at radius 3 is 2.72 bits per heavy atom. The molecule has 0 fully saturated rings. The molecule has 7 heteroatoms. The zero-order valence-electron chi connectivity index (χ0n) is 10.6. The van der Waals surface area contributed by atoms with Crippen molar-refractivity contribution in [3.63, 3.8) is 0 Å². The van der Waals surface area contributed by atoms with Gasteiger partial charge in [0.1, 0.15) is 11.4 Å². The average Bonchev–Trinajstić information content (AvgIpc) is 2.74. The molecule has 0 aliphatic carbocycles. The molecule has 0 radical (unpaired) electrons. The van der Waals surface area contributed by atoms with E-state index < -0.39 is 11.7 Å². The standard InChI is InChI=1S/C11H17N3O3S/c1-11(2,3)17-10(15)14-13-9(18)12-7-8-5-4-6-16-8/h4-6H,7H2,1-3H3,(H,14,15)(H2,12,13,18). The van der Waals surface area contributed by atoms with Crippen LogP contribution < -0.4 is 16.2 Å². The number of carbonyl (C=O) groups excluding carboxylic acids is 1. The number of carbonyl (C=O) groups is 1. The molecule has 0 atom stereocenters. The van der Waals surface area contributed by atoms with Gasteiger partial charge in [0.25, 0.3) is 0 Å². The fraction of sp³-hybridized carbons (Fsp3) is 0.455. The highest BCUT2D eigenvalue weighted by molar-refractivity contribution is 7.80. The Balaban J connectivity index is 2.19. The smallest absolute Gasteiger partial charge is 0.426 e. The van der Waals surface area contributed by atoms with E-state index in [1.807, 2.05) is 6.07 Å². The first-order valence-electron chi connectivity index (χ1n) is 5.42. The molecule has 18 heavy (non-hydrogen) atoms. The molecule has 100 valence electrons. The summed E-state index contributed by atoms with van der Waals surface area (Å²) >= 11 is 4.95. The number of hydrazine groups is 1. The number of amides is 1. The molecule has 0 aliphatic rings. The highest BCUT2D eigenvalue weighted by Crippen LogP contribution is 2.05. The van der Waals surface area contributed by atoms with Crippen LogP contribution in [0.4, 0.5) is 4.79 Å². The maximum Gasteiger partial charge on any atom is 0.426 e. The van der Waals surface area contributed by atoms with Gasteiger partial charge in [-0.15, -0.1) is 0 Å². The van der Waals surface area contributed by atoms with Gasteiger partial charge in [0, 0.05) is 0 Å². The monoisotopic (exact) mass is 271 g/mol. The molecule has 0 aromatic carbocycles. The van der Waals surface area contributed by atoms with Crippen LogP contribution in [0.1, 0.15) is 26.5 Å². The fourth-order valence-corrected chi connectivity index (χ4v) is 1.16. The van der Waals surface area contributed by atoms with E-state index in [1.165, 1.54) is 0 Å². The van der Waals surface area contributed by atoms with Gasteiger partial charge >= 0.3 is 6.09 Å². The van der Waals surface area contributed by atoms with Gasteiger partial charge in [-0.1, -0.05) is 0 Å². The lowest BCUT2D eigenvalue weighted by Crippen LogP contribution is -2.48. The van der Waals surface area contributed by atoms with Crippen LogP contribution in [0, 0.1) is 0 Å². The van der Waals surface area contributed by atoms with Crippen molar-refractivity contribution in [1.82, 2.24) is 16.2 Å². The molecular weight excluding hydrogens is 254 g/mol. The van der Waals surface area contributed by atoms with Crippen LogP contribution in [0.3, 0.4) is 0 Å². The normalized spacial score (nSPS) is 10.6. The van der Waals surface area contributed by atoms with Crippen LogP contribution in [0.25, 0.3) is 0 Å². The van der Waals surface area contributed by atoms with Gasteiger partial charge in [0.05, 0.1) is 12.8 Å². The first kappa shape index (κ1) is 14.3. The summed E-state index contributed by atoms with van der Waals surface area (Å²) in [4.78, 5) is 11.3. The molecule has 1 heterocycles. The number of ether oxygens (including phenoxy) is 1. The SMILES string of the molecule is CC(C)(C)OC(=O)NNC(=S)NCc1ccco1. The van der Waals surface area contributed by atoms with Crippen molar-refractivity contribution in [1.29, 1.82) is 0 Å². The third-order valence-corrected chi connectivity index (χ3v) is 1.93. The summed E-state index contributed by atoms with van der Waals surface area (Å²) in [6.45, 7) is 5.77. The van der Waals surface area contributed by atoms with Crippen molar-refractivity contribution in [3.05, 3.63) is 24.2 Å². The van der Waals surface area contributed by atoms with E-state index in [-0.39, 0.29) is 5.11 Å². The predicted molar refractivity (Wildman–Crippen MR) is 70.7 cm³/mol. The number of rotatable bonds is 2. The zero-order chi connectivity index (χ0) is 13.6. The Morgan fingerprint density at radius 2 is 2.17 bits per heavy atom. The van der Waals surface area contributed by atoms with Crippen LogP contribution in [0.15, 0.2) is 22.8 Å². The number of hydrogen-bond acceptors (Lipinski definition) is 4. The first-order valence-corrected chi connectivity index (χ1v) is 5.83. The van der Waals surface area contributed by atoms with Gasteiger partial charge in [-0.2, -0.15) is 0 Å². The Bertz CT molecular complexity index is 398. The molecule has 1 rings (SSSR count). The third-order valence-electron chi connectivity index (χ3n) is 1.68. The summed E-state index contributed by atoms with van der Waals surface area (Å²) in [7, 11) is 0. The minimum absolute atomic E-state index is 0.275. The van der Waals surface area contributed by atoms with Gasteiger partial charge in [-0.25, -0.2) is 10.2 Å². The van der Waals surface area contributed by atoms with E-state index in [4.69, 9.17) is 21.4 Å². The largest absolute Gasteiger partial charge is 0.467 e. The maximum absolute atomic E-state index is 11.3. The maximum atomic E-state index is 11.3. The fourth-order valence-electron chi connectivity index (χ4n) is 1.04. The lowest BCUT2D eigenvalue weighted by atomic mass is 10.2. The van der Waals surface area contributed by atoms with Gasteiger partial charge in [0.15, 0.2) is 5.11 Å². The van der Waals surface area contributed by atoms with E-state index >= 15 is 0 Å². The lowest BCUT2D eigenvalue weighted by molar-refractivity contribution is 0.0513. The second-order valence-electron chi connectivity index (χ2n) is 4.51. The summed E-state index contributed by atoms with van der Waals surface area (Å²) in [6.07, 6.45) is 0.983. The van der Waals surface area contributed by atoms with Crippen molar-refractivity contribution < 1.29 is 13.9 Å². The number of nitrogens with one attached hydrogen (secondary N) is 3. The summed E-state index contributed by atoms with van der Waals surface area (Å²) in [5.74, 6) is 0.747. The Kier molecular flexibility index (Phi) is 4.96. The third kappa shape index (κ3) is 6.09. The highest BCUT2D eigenvalue weighted by Gasteiger charge is 2.15. The minimum atomic E-state index is -0.593. The molecule has 0 aliphatic heterocycles. The second kappa shape index (κ2) is 6.25. The van der Waals surface area contributed by atoms with Crippen molar-refractivity contribution in [2.24, 2.45) is 0 Å². The van der Waals surface area contributed by atoms with Crippen LogP contribution >= 0.6 is 12.2 Å².